The number of nitrogens with two attached hydrogens (primary N) is 1. The lowest BCUT2D eigenvalue weighted by Crippen LogP contribution is -2.50. The van der Waals surface area contributed by atoms with E-state index >= 15 is 0 Å². The zero-order valence-electron chi connectivity index (χ0n) is 11.9. The van der Waals surface area contributed by atoms with Crippen molar-refractivity contribution in [1.29, 1.82) is 0 Å². The molecule has 0 aliphatic carbocycles. The van der Waals surface area contributed by atoms with Crippen molar-refractivity contribution < 1.29 is 4.39 Å². The Morgan fingerprint density at radius 1 is 1.37 bits per heavy atom. The van der Waals surface area contributed by atoms with E-state index in [2.05, 4.69) is 30.7 Å². The van der Waals surface area contributed by atoms with E-state index in [1.165, 1.54) is 12.1 Å². The van der Waals surface area contributed by atoms with Crippen LogP contribution in [0.25, 0.3) is 0 Å². The first-order chi connectivity index (χ1) is 8.99. The lowest BCUT2D eigenvalue weighted by molar-refractivity contribution is 0.176. The average Bonchev–Trinajstić information content (AvgIpc) is 2.69. The van der Waals surface area contributed by atoms with Crippen molar-refractivity contribution in [1.82, 2.24) is 4.90 Å². The first kappa shape index (κ1) is 13.8. The predicted octanol–water partition coefficient (Wildman–Crippen LogP) is 2.72. The zero-order chi connectivity index (χ0) is 14.0. The molecule has 1 aliphatic rings. The second-order valence-corrected chi connectivity index (χ2v) is 5.57. The van der Waals surface area contributed by atoms with Crippen LogP contribution in [0.1, 0.15) is 32.8 Å². The maximum Gasteiger partial charge on any atom is 0.192 e. The number of aliphatic imine (C=N–C) groups is 1. The van der Waals surface area contributed by atoms with Gasteiger partial charge in [-0.1, -0.05) is 32.9 Å². The highest BCUT2D eigenvalue weighted by Crippen LogP contribution is 2.36. The Kier molecular flexibility index (Phi) is 3.78. The summed E-state index contributed by atoms with van der Waals surface area (Å²) in [7, 11) is 0. The van der Waals surface area contributed by atoms with Crippen LogP contribution in [0.2, 0.25) is 0 Å². The molecule has 1 unspecified atom stereocenters. The van der Waals surface area contributed by atoms with Gasteiger partial charge in [0.15, 0.2) is 5.96 Å². The fourth-order valence-electron chi connectivity index (χ4n) is 2.75. The second kappa shape index (κ2) is 5.19. The van der Waals surface area contributed by atoms with Crippen molar-refractivity contribution in [3.63, 3.8) is 0 Å². The van der Waals surface area contributed by atoms with Gasteiger partial charge in [0.05, 0.1) is 12.1 Å². The zero-order valence-corrected chi connectivity index (χ0v) is 11.9. The number of halogens is 1. The van der Waals surface area contributed by atoms with E-state index in [0.717, 1.165) is 18.5 Å². The highest BCUT2D eigenvalue weighted by atomic mass is 19.1. The molecule has 1 aromatic carbocycles. The van der Waals surface area contributed by atoms with Gasteiger partial charge in [0, 0.05) is 6.54 Å². The molecular formula is C15H22FN3. The van der Waals surface area contributed by atoms with E-state index in [9.17, 15) is 4.39 Å². The van der Waals surface area contributed by atoms with Crippen LogP contribution in [0.5, 0.6) is 0 Å². The van der Waals surface area contributed by atoms with Crippen LogP contribution in [-0.4, -0.2) is 23.9 Å². The number of hydrogen-bond donors (Lipinski definition) is 1. The van der Waals surface area contributed by atoms with Crippen molar-refractivity contribution >= 4 is 5.96 Å². The largest absolute Gasteiger partial charge is 0.370 e. The maximum atomic E-state index is 13.1. The van der Waals surface area contributed by atoms with E-state index in [1.54, 1.807) is 0 Å². The Labute approximate surface area is 114 Å². The number of benzene rings is 1. The van der Waals surface area contributed by atoms with Crippen molar-refractivity contribution in [2.45, 2.75) is 32.7 Å². The van der Waals surface area contributed by atoms with E-state index in [1.807, 2.05) is 12.1 Å². The molecule has 0 fully saturated rings. The van der Waals surface area contributed by atoms with Crippen molar-refractivity contribution in [3.05, 3.63) is 35.6 Å². The Hall–Kier alpha value is -1.58. The third kappa shape index (κ3) is 2.44. The van der Waals surface area contributed by atoms with Gasteiger partial charge in [0.1, 0.15) is 5.82 Å². The SMILES string of the molecule is CCC1(c2ccc(F)cc2)CN=C(N)N1CC(C)C. The van der Waals surface area contributed by atoms with E-state index in [-0.39, 0.29) is 11.4 Å². The monoisotopic (exact) mass is 263 g/mol. The van der Waals surface area contributed by atoms with E-state index in [4.69, 9.17) is 5.73 Å². The topological polar surface area (TPSA) is 41.6 Å². The van der Waals surface area contributed by atoms with Gasteiger partial charge in [-0.05, 0) is 30.0 Å². The van der Waals surface area contributed by atoms with Crippen LogP contribution in [0.15, 0.2) is 29.3 Å². The van der Waals surface area contributed by atoms with Crippen LogP contribution in [0, 0.1) is 11.7 Å². The number of guanidine groups is 1. The summed E-state index contributed by atoms with van der Waals surface area (Å²) < 4.78 is 13.1. The Morgan fingerprint density at radius 2 is 2.00 bits per heavy atom. The summed E-state index contributed by atoms with van der Waals surface area (Å²) in [6, 6.07) is 6.71. The molecule has 2 rings (SSSR count). The molecule has 4 heteroatoms. The average molecular weight is 263 g/mol. The minimum Gasteiger partial charge on any atom is -0.370 e. The summed E-state index contributed by atoms with van der Waals surface area (Å²) in [6.07, 6.45) is 0.898. The molecule has 0 bridgehead atoms. The molecule has 0 radical (unpaired) electrons. The first-order valence-corrected chi connectivity index (χ1v) is 6.83. The van der Waals surface area contributed by atoms with Crippen LogP contribution in [-0.2, 0) is 5.54 Å². The molecule has 1 aliphatic heterocycles. The fourth-order valence-corrected chi connectivity index (χ4v) is 2.75. The number of hydrogen-bond acceptors (Lipinski definition) is 3. The number of nitrogens with zero attached hydrogens (tertiary/aromatic N) is 2. The van der Waals surface area contributed by atoms with Gasteiger partial charge in [-0.25, -0.2) is 4.39 Å². The second-order valence-electron chi connectivity index (χ2n) is 5.57. The lowest BCUT2D eigenvalue weighted by Gasteiger charge is -2.40. The van der Waals surface area contributed by atoms with Crippen molar-refractivity contribution in [2.24, 2.45) is 16.6 Å². The molecule has 0 spiro atoms. The molecular weight excluding hydrogens is 241 g/mol. The van der Waals surface area contributed by atoms with Gasteiger partial charge < -0.3 is 10.6 Å². The van der Waals surface area contributed by atoms with E-state index < -0.39 is 0 Å². The fraction of sp³-hybridized carbons (Fsp3) is 0.533. The quantitative estimate of drug-likeness (QED) is 0.907. The smallest absolute Gasteiger partial charge is 0.192 e. The summed E-state index contributed by atoms with van der Waals surface area (Å²) in [5.41, 5.74) is 6.91. The summed E-state index contributed by atoms with van der Waals surface area (Å²) >= 11 is 0. The Bertz CT molecular complexity index is 467. The molecule has 0 aromatic heterocycles. The molecule has 0 amide bonds. The normalized spacial score (nSPS) is 23.0. The molecule has 2 N–H and O–H groups in total. The van der Waals surface area contributed by atoms with Gasteiger partial charge in [-0.3, -0.25) is 4.99 Å². The molecule has 1 aromatic rings. The summed E-state index contributed by atoms with van der Waals surface area (Å²) in [5.74, 6) is 0.885. The third-order valence-corrected chi connectivity index (χ3v) is 3.81. The molecule has 19 heavy (non-hydrogen) atoms. The van der Waals surface area contributed by atoms with E-state index in [0.29, 0.717) is 18.4 Å². The highest BCUT2D eigenvalue weighted by molar-refractivity contribution is 5.81. The molecule has 104 valence electrons. The standard InChI is InChI=1S/C15H22FN3/c1-4-15(12-5-7-13(16)8-6-12)10-18-14(17)19(15)9-11(2)3/h5-8,11H,4,9-10H2,1-3H3,(H2,17,18). The number of rotatable bonds is 4. The summed E-state index contributed by atoms with van der Waals surface area (Å²) in [4.78, 5) is 6.59. The minimum atomic E-state index is -0.220. The van der Waals surface area contributed by atoms with Crippen LogP contribution < -0.4 is 5.73 Å². The van der Waals surface area contributed by atoms with Crippen molar-refractivity contribution in [3.8, 4) is 0 Å². The first-order valence-electron chi connectivity index (χ1n) is 6.83. The molecule has 3 nitrogen and oxygen atoms in total. The highest BCUT2D eigenvalue weighted by Gasteiger charge is 2.42. The van der Waals surface area contributed by atoms with Gasteiger partial charge in [0.25, 0.3) is 0 Å². The molecule has 0 saturated carbocycles. The summed E-state index contributed by atoms with van der Waals surface area (Å²) in [5, 5.41) is 0. The molecule has 1 heterocycles. The predicted molar refractivity (Wildman–Crippen MR) is 76.4 cm³/mol. The van der Waals surface area contributed by atoms with Gasteiger partial charge >= 0.3 is 0 Å². The van der Waals surface area contributed by atoms with Gasteiger partial charge in [0.2, 0.25) is 0 Å². The Morgan fingerprint density at radius 3 is 2.53 bits per heavy atom. The van der Waals surface area contributed by atoms with Gasteiger partial charge in [-0.2, -0.15) is 0 Å². The lowest BCUT2D eigenvalue weighted by atomic mass is 9.85. The Balaban J connectivity index is 2.39. The van der Waals surface area contributed by atoms with Crippen LogP contribution >= 0.6 is 0 Å². The molecule has 1 atom stereocenters. The van der Waals surface area contributed by atoms with Crippen molar-refractivity contribution in [2.75, 3.05) is 13.1 Å². The molecule has 0 saturated heterocycles. The third-order valence-electron chi connectivity index (χ3n) is 3.81. The maximum absolute atomic E-state index is 13.1. The van der Waals surface area contributed by atoms with Gasteiger partial charge in [-0.15, -0.1) is 0 Å². The summed E-state index contributed by atoms with van der Waals surface area (Å²) in [6.45, 7) is 7.96. The van der Waals surface area contributed by atoms with Crippen LogP contribution in [0.4, 0.5) is 4.39 Å². The minimum absolute atomic E-state index is 0.211. The van der Waals surface area contributed by atoms with Crippen LogP contribution in [0.3, 0.4) is 0 Å².